The van der Waals surface area contributed by atoms with Crippen LogP contribution in [0, 0.1) is 0 Å². The van der Waals surface area contributed by atoms with Crippen LogP contribution >= 0.6 is 11.6 Å². The lowest BCUT2D eigenvalue weighted by Gasteiger charge is -2.01. The van der Waals surface area contributed by atoms with Gasteiger partial charge in [0.05, 0.1) is 23.5 Å². The zero-order valence-corrected chi connectivity index (χ0v) is 8.85. The van der Waals surface area contributed by atoms with Gasteiger partial charge in [-0.2, -0.15) is 5.10 Å². The third-order valence-corrected chi connectivity index (χ3v) is 2.24. The molecule has 0 aromatic carbocycles. The number of rotatable bonds is 3. The zero-order valence-electron chi connectivity index (χ0n) is 8.10. The van der Waals surface area contributed by atoms with Gasteiger partial charge in [-0.25, -0.2) is 0 Å². The van der Waals surface area contributed by atoms with Gasteiger partial charge in [-0.1, -0.05) is 17.7 Å². The fourth-order valence-corrected chi connectivity index (χ4v) is 1.42. The lowest BCUT2D eigenvalue weighted by molar-refractivity contribution is 0.672. The molecule has 0 saturated carbocycles. The van der Waals surface area contributed by atoms with Gasteiger partial charge in [0.15, 0.2) is 0 Å². The second kappa shape index (κ2) is 4.42. The van der Waals surface area contributed by atoms with Crippen molar-refractivity contribution >= 4 is 11.6 Å². The highest BCUT2D eigenvalue weighted by molar-refractivity contribution is 6.30. The molecule has 2 aromatic heterocycles. The van der Waals surface area contributed by atoms with E-state index in [0.29, 0.717) is 18.1 Å². The first kappa shape index (κ1) is 10.1. The van der Waals surface area contributed by atoms with Crippen molar-refractivity contribution in [3.05, 3.63) is 47.0 Å². The topological polar surface area (TPSA) is 56.7 Å². The Morgan fingerprint density at radius 3 is 2.73 bits per heavy atom. The van der Waals surface area contributed by atoms with Crippen molar-refractivity contribution in [3.63, 3.8) is 0 Å². The van der Waals surface area contributed by atoms with Crippen LogP contribution in [0.15, 0.2) is 30.7 Å². The number of nitrogens with zero attached hydrogens (tertiary/aromatic N) is 3. The molecule has 0 fully saturated rings. The molecule has 2 rings (SSSR count). The quantitative estimate of drug-likeness (QED) is 0.855. The highest BCUT2D eigenvalue weighted by Gasteiger charge is 1.99. The number of pyridine rings is 1. The van der Waals surface area contributed by atoms with E-state index in [1.165, 1.54) is 0 Å². The molecule has 0 bridgehead atoms. The summed E-state index contributed by atoms with van der Waals surface area (Å²) in [6.07, 6.45) is 5.15. The predicted molar refractivity (Wildman–Crippen MR) is 58.5 cm³/mol. The van der Waals surface area contributed by atoms with Crippen LogP contribution in [0.3, 0.4) is 0 Å². The van der Waals surface area contributed by atoms with E-state index in [-0.39, 0.29) is 0 Å². The summed E-state index contributed by atoms with van der Waals surface area (Å²) in [6.45, 7) is 1.14. The molecule has 4 nitrogen and oxygen atoms in total. The summed E-state index contributed by atoms with van der Waals surface area (Å²) in [6, 6.07) is 3.91. The molecule has 2 N–H and O–H groups in total. The molecule has 0 saturated heterocycles. The van der Waals surface area contributed by atoms with Gasteiger partial charge < -0.3 is 5.73 Å². The van der Waals surface area contributed by atoms with Crippen molar-refractivity contribution in [3.8, 4) is 0 Å². The minimum absolute atomic E-state index is 0.515. The number of aromatic nitrogens is 3. The maximum absolute atomic E-state index is 5.75. The van der Waals surface area contributed by atoms with Crippen LogP contribution in [0.25, 0.3) is 0 Å². The van der Waals surface area contributed by atoms with Crippen molar-refractivity contribution in [1.82, 2.24) is 14.8 Å². The Morgan fingerprint density at radius 1 is 1.33 bits per heavy atom. The molecule has 0 unspecified atom stereocenters. The third-order valence-electron chi connectivity index (χ3n) is 2.05. The first-order valence-electron chi connectivity index (χ1n) is 4.60. The van der Waals surface area contributed by atoms with E-state index in [1.54, 1.807) is 23.3 Å². The lowest BCUT2D eigenvalue weighted by Crippen LogP contribution is -2.03. The van der Waals surface area contributed by atoms with Crippen LogP contribution in [0.4, 0.5) is 0 Å². The van der Waals surface area contributed by atoms with Crippen molar-refractivity contribution in [2.24, 2.45) is 5.73 Å². The summed E-state index contributed by atoms with van der Waals surface area (Å²) >= 11 is 5.75. The normalized spacial score (nSPS) is 10.5. The summed E-state index contributed by atoms with van der Waals surface area (Å²) in [5.41, 5.74) is 7.44. The van der Waals surface area contributed by atoms with Crippen molar-refractivity contribution < 1.29 is 0 Å². The Hall–Kier alpha value is -1.39. The second-order valence-electron chi connectivity index (χ2n) is 3.22. The van der Waals surface area contributed by atoms with Crippen LogP contribution in [-0.2, 0) is 13.1 Å². The van der Waals surface area contributed by atoms with Gasteiger partial charge in [0.1, 0.15) is 0 Å². The van der Waals surface area contributed by atoms with Crippen molar-refractivity contribution in [1.29, 1.82) is 0 Å². The largest absolute Gasteiger partial charge is 0.326 e. The first-order valence-corrected chi connectivity index (χ1v) is 4.97. The van der Waals surface area contributed by atoms with Gasteiger partial charge in [-0.05, 0) is 11.6 Å². The molecule has 0 aliphatic heterocycles. The summed E-state index contributed by atoms with van der Waals surface area (Å²) < 4.78 is 1.74. The minimum atomic E-state index is 0.515. The smallest absolute Gasteiger partial charge is 0.0831 e. The SMILES string of the molecule is NCc1ccc(Cn2cc(Cl)cn2)nc1. The zero-order chi connectivity index (χ0) is 10.7. The molecular weight excluding hydrogens is 212 g/mol. The molecule has 5 heteroatoms. The summed E-state index contributed by atoms with van der Waals surface area (Å²) in [5.74, 6) is 0. The number of hydrogen-bond donors (Lipinski definition) is 1. The van der Waals surface area contributed by atoms with E-state index in [1.807, 2.05) is 12.1 Å². The average molecular weight is 223 g/mol. The van der Waals surface area contributed by atoms with Crippen LogP contribution in [0.1, 0.15) is 11.3 Å². The van der Waals surface area contributed by atoms with E-state index < -0.39 is 0 Å². The molecule has 0 aliphatic carbocycles. The van der Waals surface area contributed by atoms with Gasteiger partial charge in [-0.3, -0.25) is 9.67 Å². The van der Waals surface area contributed by atoms with Gasteiger partial charge in [-0.15, -0.1) is 0 Å². The molecule has 78 valence electrons. The van der Waals surface area contributed by atoms with Gasteiger partial charge in [0.2, 0.25) is 0 Å². The summed E-state index contributed by atoms with van der Waals surface area (Å²) in [7, 11) is 0. The van der Waals surface area contributed by atoms with E-state index in [4.69, 9.17) is 17.3 Å². The molecule has 0 spiro atoms. The van der Waals surface area contributed by atoms with Crippen molar-refractivity contribution in [2.75, 3.05) is 0 Å². The Kier molecular flexibility index (Phi) is 2.99. The summed E-state index contributed by atoms with van der Waals surface area (Å²) in [4.78, 5) is 4.27. The van der Waals surface area contributed by atoms with Crippen molar-refractivity contribution in [2.45, 2.75) is 13.1 Å². The standard InChI is InChI=1S/C10H11ClN4/c11-9-5-14-15(6-9)7-10-2-1-8(3-12)4-13-10/h1-2,4-6H,3,7,12H2. The monoisotopic (exact) mass is 222 g/mol. The van der Waals surface area contributed by atoms with Gasteiger partial charge >= 0.3 is 0 Å². The van der Waals surface area contributed by atoms with Crippen LogP contribution in [0.2, 0.25) is 5.02 Å². The second-order valence-corrected chi connectivity index (χ2v) is 3.65. The first-order chi connectivity index (χ1) is 7.28. The van der Waals surface area contributed by atoms with E-state index in [0.717, 1.165) is 11.3 Å². The Labute approximate surface area is 92.7 Å². The third kappa shape index (κ3) is 2.55. The molecule has 0 amide bonds. The van der Waals surface area contributed by atoms with Gasteiger partial charge in [0, 0.05) is 18.9 Å². The molecule has 2 aromatic rings. The average Bonchev–Trinajstić information content (AvgIpc) is 2.65. The fourth-order valence-electron chi connectivity index (χ4n) is 1.26. The van der Waals surface area contributed by atoms with Crippen LogP contribution < -0.4 is 5.73 Å². The minimum Gasteiger partial charge on any atom is -0.326 e. The van der Waals surface area contributed by atoms with Crippen LogP contribution in [0.5, 0.6) is 0 Å². The number of halogens is 1. The molecule has 0 aliphatic rings. The molecule has 0 atom stereocenters. The molecular formula is C10H11ClN4. The van der Waals surface area contributed by atoms with Crippen LogP contribution in [-0.4, -0.2) is 14.8 Å². The molecule has 15 heavy (non-hydrogen) atoms. The molecule has 2 heterocycles. The lowest BCUT2D eigenvalue weighted by atomic mass is 10.2. The maximum atomic E-state index is 5.75. The Balaban J connectivity index is 2.11. The fraction of sp³-hybridized carbons (Fsp3) is 0.200. The Bertz CT molecular complexity index is 435. The summed E-state index contributed by atoms with van der Waals surface area (Å²) in [5, 5.41) is 4.71. The maximum Gasteiger partial charge on any atom is 0.0831 e. The van der Waals surface area contributed by atoms with Gasteiger partial charge in [0.25, 0.3) is 0 Å². The highest BCUT2D eigenvalue weighted by atomic mass is 35.5. The number of nitrogens with two attached hydrogens (primary N) is 1. The van der Waals surface area contributed by atoms with E-state index in [2.05, 4.69) is 10.1 Å². The van der Waals surface area contributed by atoms with E-state index in [9.17, 15) is 0 Å². The predicted octanol–water partition coefficient (Wildman–Crippen LogP) is 1.44. The van der Waals surface area contributed by atoms with E-state index >= 15 is 0 Å². The highest BCUT2D eigenvalue weighted by Crippen LogP contribution is 2.07. The number of hydrogen-bond acceptors (Lipinski definition) is 3. The molecule has 0 radical (unpaired) electrons. The Morgan fingerprint density at radius 2 is 2.20 bits per heavy atom.